The molecular weight excluding hydrogens is 268 g/mol. The largest absolute Gasteiger partial charge is 0.494 e. The Kier molecular flexibility index (Phi) is 5.05. The minimum atomic E-state index is 0.0359. The van der Waals surface area contributed by atoms with Gasteiger partial charge in [0.15, 0.2) is 5.78 Å². The first kappa shape index (κ1) is 15.2. The van der Waals surface area contributed by atoms with Gasteiger partial charge in [0.2, 0.25) is 0 Å². The number of Topliss-reactive ketones (excluding diaryl/α,β-unsaturated/α-hetero) is 1. The second-order valence-corrected chi connectivity index (χ2v) is 4.75. The first-order valence-electron chi connectivity index (χ1n) is 6.94. The Bertz CT molecular complexity index is 622. The Labute approximate surface area is 124 Å². The molecular formula is C15H20N4O2. The average Bonchev–Trinajstić information content (AvgIpc) is 2.88. The number of nitrogens with zero attached hydrogens (tertiary/aromatic N) is 3. The Morgan fingerprint density at radius 2 is 2.24 bits per heavy atom. The Balaban J connectivity index is 2.26. The number of ketones is 1. The highest BCUT2D eigenvalue weighted by atomic mass is 16.5. The van der Waals surface area contributed by atoms with Crippen LogP contribution in [0.15, 0.2) is 24.4 Å². The van der Waals surface area contributed by atoms with Crippen LogP contribution in [0.1, 0.15) is 35.5 Å². The van der Waals surface area contributed by atoms with E-state index in [2.05, 4.69) is 15.6 Å². The molecule has 0 fully saturated rings. The predicted octanol–water partition coefficient (Wildman–Crippen LogP) is 1.65. The van der Waals surface area contributed by atoms with Gasteiger partial charge in [-0.1, -0.05) is 5.21 Å². The van der Waals surface area contributed by atoms with E-state index in [1.54, 1.807) is 17.7 Å². The van der Waals surface area contributed by atoms with Crippen molar-refractivity contribution in [1.82, 2.24) is 20.3 Å². The lowest BCUT2D eigenvalue weighted by atomic mass is 10.1. The van der Waals surface area contributed by atoms with E-state index in [9.17, 15) is 4.79 Å². The molecule has 0 aliphatic heterocycles. The average molecular weight is 288 g/mol. The van der Waals surface area contributed by atoms with Crippen molar-refractivity contribution in [3.63, 3.8) is 0 Å². The molecule has 0 amide bonds. The molecule has 0 saturated carbocycles. The SMILES string of the molecule is CCOc1ccc(C(C)=O)cc1Cn1cc(CNC)nn1. The lowest BCUT2D eigenvalue weighted by Crippen LogP contribution is -2.06. The topological polar surface area (TPSA) is 69.0 Å². The maximum absolute atomic E-state index is 11.5. The molecule has 0 unspecified atom stereocenters. The number of hydrogen-bond donors (Lipinski definition) is 1. The summed E-state index contributed by atoms with van der Waals surface area (Å²) < 4.78 is 7.36. The van der Waals surface area contributed by atoms with E-state index in [1.807, 2.05) is 32.3 Å². The maximum atomic E-state index is 11.5. The summed E-state index contributed by atoms with van der Waals surface area (Å²) in [5.74, 6) is 0.807. The standard InChI is InChI=1S/C15H20N4O2/c1-4-21-15-6-5-12(11(2)20)7-13(15)9-19-10-14(8-16-3)17-18-19/h5-7,10,16H,4,8-9H2,1-3H3. The summed E-state index contributed by atoms with van der Waals surface area (Å²) in [6.07, 6.45) is 1.88. The first-order valence-corrected chi connectivity index (χ1v) is 6.94. The van der Waals surface area contributed by atoms with Crippen LogP contribution < -0.4 is 10.1 Å². The predicted molar refractivity (Wildman–Crippen MR) is 79.5 cm³/mol. The van der Waals surface area contributed by atoms with Gasteiger partial charge >= 0.3 is 0 Å². The van der Waals surface area contributed by atoms with Gasteiger partial charge in [-0.25, -0.2) is 4.68 Å². The van der Waals surface area contributed by atoms with Gasteiger partial charge in [-0.2, -0.15) is 0 Å². The third kappa shape index (κ3) is 3.88. The highest BCUT2D eigenvalue weighted by Gasteiger charge is 2.10. The van der Waals surface area contributed by atoms with Crippen LogP contribution in [0.2, 0.25) is 0 Å². The maximum Gasteiger partial charge on any atom is 0.159 e. The van der Waals surface area contributed by atoms with Crippen LogP contribution in [0.3, 0.4) is 0 Å². The number of ether oxygens (including phenoxy) is 1. The van der Waals surface area contributed by atoms with Crippen LogP contribution >= 0.6 is 0 Å². The van der Waals surface area contributed by atoms with Gasteiger partial charge in [0.1, 0.15) is 5.75 Å². The smallest absolute Gasteiger partial charge is 0.159 e. The van der Waals surface area contributed by atoms with Gasteiger partial charge in [0.05, 0.1) is 25.0 Å². The van der Waals surface area contributed by atoms with Gasteiger partial charge in [0, 0.05) is 17.7 Å². The van der Waals surface area contributed by atoms with Crippen LogP contribution in [0.5, 0.6) is 5.75 Å². The lowest BCUT2D eigenvalue weighted by molar-refractivity contribution is 0.101. The molecule has 1 aromatic carbocycles. The van der Waals surface area contributed by atoms with Crippen molar-refractivity contribution >= 4 is 5.78 Å². The van der Waals surface area contributed by atoms with Gasteiger partial charge < -0.3 is 10.1 Å². The molecule has 1 N–H and O–H groups in total. The number of benzene rings is 1. The summed E-state index contributed by atoms with van der Waals surface area (Å²) in [6.45, 7) is 5.26. The fourth-order valence-electron chi connectivity index (χ4n) is 2.07. The van der Waals surface area contributed by atoms with Crippen molar-refractivity contribution in [1.29, 1.82) is 0 Å². The first-order chi connectivity index (χ1) is 10.1. The molecule has 0 aliphatic rings. The van der Waals surface area contributed by atoms with Gasteiger partial charge in [0.25, 0.3) is 0 Å². The van der Waals surface area contributed by atoms with Crippen molar-refractivity contribution in [2.75, 3.05) is 13.7 Å². The Morgan fingerprint density at radius 1 is 1.43 bits per heavy atom. The summed E-state index contributed by atoms with van der Waals surface area (Å²) in [6, 6.07) is 5.47. The number of nitrogens with one attached hydrogen (secondary N) is 1. The van der Waals surface area contributed by atoms with E-state index in [4.69, 9.17) is 4.74 Å². The van der Waals surface area contributed by atoms with Crippen molar-refractivity contribution in [3.05, 3.63) is 41.2 Å². The second-order valence-electron chi connectivity index (χ2n) is 4.75. The van der Waals surface area contributed by atoms with Crippen molar-refractivity contribution in [3.8, 4) is 5.75 Å². The van der Waals surface area contributed by atoms with E-state index in [0.29, 0.717) is 25.3 Å². The van der Waals surface area contributed by atoms with E-state index >= 15 is 0 Å². The van der Waals surface area contributed by atoms with Crippen LogP contribution in [0, 0.1) is 0 Å². The molecule has 0 saturated heterocycles. The summed E-state index contributed by atoms with van der Waals surface area (Å²) in [5.41, 5.74) is 2.47. The molecule has 0 spiro atoms. The number of carbonyl (C=O) groups excluding carboxylic acids is 1. The number of rotatable bonds is 7. The molecule has 0 radical (unpaired) electrons. The van der Waals surface area contributed by atoms with Crippen molar-refractivity contribution < 1.29 is 9.53 Å². The van der Waals surface area contributed by atoms with Gasteiger partial charge in [-0.15, -0.1) is 5.10 Å². The summed E-state index contributed by atoms with van der Waals surface area (Å²) >= 11 is 0. The van der Waals surface area contributed by atoms with E-state index in [-0.39, 0.29) is 5.78 Å². The molecule has 6 nitrogen and oxygen atoms in total. The molecule has 112 valence electrons. The van der Waals surface area contributed by atoms with Crippen LogP contribution in [0.25, 0.3) is 0 Å². The monoisotopic (exact) mass is 288 g/mol. The molecule has 0 aliphatic carbocycles. The lowest BCUT2D eigenvalue weighted by Gasteiger charge is -2.11. The van der Waals surface area contributed by atoms with Crippen molar-refractivity contribution in [2.45, 2.75) is 26.9 Å². The summed E-state index contributed by atoms with van der Waals surface area (Å²) in [4.78, 5) is 11.5. The molecule has 0 bridgehead atoms. The third-order valence-corrected chi connectivity index (χ3v) is 3.04. The Hall–Kier alpha value is -2.21. The minimum absolute atomic E-state index is 0.0359. The summed E-state index contributed by atoms with van der Waals surface area (Å²) in [5, 5.41) is 11.2. The summed E-state index contributed by atoms with van der Waals surface area (Å²) in [7, 11) is 1.86. The zero-order valence-electron chi connectivity index (χ0n) is 12.6. The molecule has 6 heteroatoms. The number of hydrogen-bond acceptors (Lipinski definition) is 5. The third-order valence-electron chi connectivity index (χ3n) is 3.04. The zero-order valence-corrected chi connectivity index (χ0v) is 12.6. The molecule has 2 rings (SSSR count). The highest BCUT2D eigenvalue weighted by molar-refractivity contribution is 5.94. The van der Waals surface area contributed by atoms with E-state index in [0.717, 1.165) is 17.0 Å². The quantitative estimate of drug-likeness (QED) is 0.785. The van der Waals surface area contributed by atoms with Crippen LogP contribution in [-0.4, -0.2) is 34.4 Å². The van der Waals surface area contributed by atoms with Crippen molar-refractivity contribution in [2.24, 2.45) is 0 Å². The molecule has 1 heterocycles. The Morgan fingerprint density at radius 3 is 2.90 bits per heavy atom. The van der Waals surface area contributed by atoms with Crippen LogP contribution in [-0.2, 0) is 13.1 Å². The molecule has 1 aromatic heterocycles. The normalized spacial score (nSPS) is 10.6. The fraction of sp³-hybridized carbons (Fsp3) is 0.400. The van der Waals surface area contributed by atoms with E-state index < -0.39 is 0 Å². The van der Waals surface area contributed by atoms with E-state index in [1.165, 1.54) is 0 Å². The molecule has 21 heavy (non-hydrogen) atoms. The van der Waals surface area contributed by atoms with Crippen LogP contribution in [0.4, 0.5) is 0 Å². The number of carbonyl (C=O) groups is 1. The second kappa shape index (κ2) is 6.99. The molecule has 0 atom stereocenters. The highest BCUT2D eigenvalue weighted by Crippen LogP contribution is 2.21. The molecule has 2 aromatic rings. The fourth-order valence-corrected chi connectivity index (χ4v) is 2.07. The number of aromatic nitrogens is 3. The zero-order chi connectivity index (χ0) is 15.2. The van der Waals surface area contributed by atoms with Gasteiger partial charge in [-0.3, -0.25) is 4.79 Å². The minimum Gasteiger partial charge on any atom is -0.494 e. The van der Waals surface area contributed by atoms with Gasteiger partial charge in [-0.05, 0) is 39.1 Å².